The van der Waals surface area contributed by atoms with Crippen molar-refractivity contribution < 1.29 is 9.47 Å². The molecule has 1 atom stereocenters. The summed E-state index contributed by atoms with van der Waals surface area (Å²) in [7, 11) is 1.68. The van der Waals surface area contributed by atoms with Crippen LogP contribution in [0.25, 0.3) is 0 Å². The van der Waals surface area contributed by atoms with Crippen LogP contribution in [0.2, 0.25) is 0 Å². The van der Waals surface area contributed by atoms with Gasteiger partial charge in [0.05, 0.1) is 25.6 Å². The highest BCUT2D eigenvalue weighted by atomic mass is 32.2. The summed E-state index contributed by atoms with van der Waals surface area (Å²) in [5.41, 5.74) is 7.10. The first-order chi connectivity index (χ1) is 7.72. The van der Waals surface area contributed by atoms with Gasteiger partial charge in [-0.15, -0.1) is 11.8 Å². The highest BCUT2D eigenvalue weighted by molar-refractivity contribution is 8.00. The second-order valence-electron chi connectivity index (χ2n) is 3.94. The molecule has 0 amide bonds. The van der Waals surface area contributed by atoms with Gasteiger partial charge in [-0.2, -0.15) is 0 Å². The number of hydrogen-bond acceptors (Lipinski definition) is 4. The molecule has 1 saturated heterocycles. The first kappa shape index (κ1) is 11.8. The number of rotatable bonds is 4. The number of thioether (sulfide) groups is 1. The lowest BCUT2D eigenvalue weighted by Crippen LogP contribution is -2.30. The van der Waals surface area contributed by atoms with E-state index in [0.717, 1.165) is 24.5 Å². The molecule has 4 heteroatoms. The monoisotopic (exact) mass is 239 g/mol. The Bertz CT molecular complexity index is 364. The largest absolute Gasteiger partial charge is 0.496 e. The normalized spacial score (nSPS) is 17.9. The molecule has 1 aliphatic rings. The summed E-state index contributed by atoms with van der Waals surface area (Å²) in [6, 6.07) is 6.05. The Balaban J connectivity index is 2.26. The van der Waals surface area contributed by atoms with Gasteiger partial charge < -0.3 is 15.2 Å². The van der Waals surface area contributed by atoms with Crippen molar-refractivity contribution in [3.63, 3.8) is 0 Å². The predicted octanol–water partition coefficient (Wildman–Crippen LogP) is 2.21. The molecule has 0 aliphatic carbocycles. The fraction of sp³-hybridized carbons (Fsp3) is 0.500. The van der Waals surface area contributed by atoms with Crippen LogP contribution >= 0.6 is 11.8 Å². The van der Waals surface area contributed by atoms with Gasteiger partial charge in [0.25, 0.3) is 0 Å². The Morgan fingerprint density at radius 2 is 2.25 bits per heavy atom. The zero-order chi connectivity index (χ0) is 11.5. The van der Waals surface area contributed by atoms with Gasteiger partial charge in [0.2, 0.25) is 0 Å². The predicted molar refractivity (Wildman–Crippen MR) is 66.1 cm³/mol. The van der Waals surface area contributed by atoms with E-state index in [4.69, 9.17) is 15.2 Å². The number of ether oxygens (including phenoxy) is 2. The Labute approximate surface area is 100 Å². The zero-order valence-corrected chi connectivity index (χ0v) is 10.4. The molecule has 16 heavy (non-hydrogen) atoms. The number of nitrogens with two attached hydrogens (primary N) is 1. The quantitative estimate of drug-likeness (QED) is 0.875. The van der Waals surface area contributed by atoms with Gasteiger partial charge in [-0.3, -0.25) is 0 Å². The van der Waals surface area contributed by atoms with E-state index in [2.05, 4.69) is 6.07 Å². The third-order valence-electron chi connectivity index (χ3n) is 2.60. The molecule has 0 bridgehead atoms. The summed E-state index contributed by atoms with van der Waals surface area (Å²) in [4.78, 5) is 1.21. The summed E-state index contributed by atoms with van der Waals surface area (Å²) < 4.78 is 10.5. The molecule has 0 saturated carbocycles. The van der Waals surface area contributed by atoms with Crippen LogP contribution < -0.4 is 10.5 Å². The Kier molecular flexibility index (Phi) is 3.74. The van der Waals surface area contributed by atoms with Gasteiger partial charge in [0, 0.05) is 16.5 Å². The third kappa shape index (κ3) is 2.34. The van der Waals surface area contributed by atoms with E-state index in [1.165, 1.54) is 4.90 Å². The zero-order valence-electron chi connectivity index (χ0n) is 9.60. The molecule has 1 aromatic rings. The van der Waals surface area contributed by atoms with Crippen LogP contribution in [0.5, 0.6) is 5.75 Å². The molecule has 1 heterocycles. The lowest BCUT2D eigenvalue weighted by molar-refractivity contribution is 0.0455. The van der Waals surface area contributed by atoms with Crippen LogP contribution in [0.3, 0.4) is 0 Å². The molecule has 0 aromatic heterocycles. The van der Waals surface area contributed by atoms with Crippen molar-refractivity contribution >= 4 is 11.8 Å². The molecular weight excluding hydrogens is 222 g/mol. The fourth-order valence-corrected chi connectivity index (χ4v) is 2.97. The highest BCUT2D eigenvalue weighted by Crippen LogP contribution is 2.37. The third-order valence-corrected chi connectivity index (χ3v) is 3.82. The topological polar surface area (TPSA) is 44.5 Å². The molecule has 1 aromatic carbocycles. The van der Waals surface area contributed by atoms with Crippen molar-refractivity contribution in [1.29, 1.82) is 0 Å². The minimum Gasteiger partial charge on any atom is -0.496 e. The average molecular weight is 239 g/mol. The van der Waals surface area contributed by atoms with Crippen LogP contribution in [0.15, 0.2) is 23.1 Å². The van der Waals surface area contributed by atoms with Crippen molar-refractivity contribution in [1.82, 2.24) is 0 Å². The maximum atomic E-state index is 6.00. The van der Waals surface area contributed by atoms with Crippen molar-refractivity contribution in [2.45, 2.75) is 23.1 Å². The van der Waals surface area contributed by atoms with E-state index >= 15 is 0 Å². The molecule has 1 aliphatic heterocycles. The second kappa shape index (κ2) is 5.08. The van der Waals surface area contributed by atoms with Gasteiger partial charge in [0.15, 0.2) is 0 Å². The van der Waals surface area contributed by atoms with Gasteiger partial charge in [0.1, 0.15) is 5.75 Å². The van der Waals surface area contributed by atoms with Crippen molar-refractivity contribution in [3.8, 4) is 5.75 Å². The Morgan fingerprint density at radius 1 is 1.50 bits per heavy atom. The van der Waals surface area contributed by atoms with E-state index in [1.54, 1.807) is 7.11 Å². The standard InChI is InChI=1S/C12H17NO2S/c1-8(13)12-10(14-2)4-3-5-11(12)16-9-6-15-7-9/h3-5,8-9H,6-7,13H2,1-2H3/t8-/m0/s1. The van der Waals surface area contributed by atoms with Crippen molar-refractivity contribution in [2.24, 2.45) is 5.73 Å². The summed E-state index contributed by atoms with van der Waals surface area (Å²) in [6.45, 7) is 3.65. The molecule has 2 N–H and O–H groups in total. The van der Waals surface area contributed by atoms with E-state index < -0.39 is 0 Å². The molecule has 0 spiro atoms. The lowest BCUT2D eigenvalue weighted by atomic mass is 10.1. The van der Waals surface area contributed by atoms with Crippen LogP contribution in [-0.4, -0.2) is 25.6 Å². The van der Waals surface area contributed by atoms with Gasteiger partial charge in [-0.25, -0.2) is 0 Å². The number of methoxy groups -OCH3 is 1. The number of benzene rings is 1. The Hall–Kier alpha value is -0.710. The molecule has 1 fully saturated rings. The van der Waals surface area contributed by atoms with Gasteiger partial charge >= 0.3 is 0 Å². The van der Waals surface area contributed by atoms with E-state index in [9.17, 15) is 0 Å². The summed E-state index contributed by atoms with van der Waals surface area (Å²) >= 11 is 1.83. The first-order valence-electron chi connectivity index (χ1n) is 5.39. The smallest absolute Gasteiger partial charge is 0.124 e. The van der Waals surface area contributed by atoms with Crippen molar-refractivity contribution in [3.05, 3.63) is 23.8 Å². The molecule has 0 radical (unpaired) electrons. The molecule has 88 valence electrons. The summed E-state index contributed by atoms with van der Waals surface area (Å²) in [5, 5.41) is 0.560. The minimum atomic E-state index is -0.0142. The molecule has 3 nitrogen and oxygen atoms in total. The highest BCUT2D eigenvalue weighted by Gasteiger charge is 2.22. The SMILES string of the molecule is COc1cccc(SC2COC2)c1[C@H](C)N. The number of hydrogen-bond donors (Lipinski definition) is 1. The first-order valence-corrected chi connectivity index (χ1v) is 6.27. The average Bonchev–Trinajstić information content (AvgIpc) is 2.22. The second-order valence-corrected chi connectivity index (χ2v) is 5.28. The maximum Gasteiger partial charge on any atom is 0.124 e. The van der Waals surface area contributed by atoms with Crippen LogP contribution in [0.1, 0.15) is 18.5 Å². The van der Waals surface area contributed by atoms with Gasteiger partial charge in [-0.05, 0) is 19.1 Å². The van der Waals surface area contributed by atoms with E-state index in [-0.39, 0.29) is 6.04 Å². The van der Waals surface area contributed by atoms with Crippen LogP contribution in [0.4, 0.5) is 0 Å². The molecule has 0 unspecified atom stereocenters. The van der Waals surface area contributed by atoms with Crippen molar-refractivity contribution in [2.75, 3.05) is 20.3 Å². The maximum absolute atomic E-state index is 6.00. The lowest BCUT2D eigenvalue weighted by Gasteiger charge is -2.27. The van der Waals surface area contributed by atoms with Crippen LogP contribution in [-0.2, 0) is 4.74 Å². The fourth-order valence-electron chi connectivity index (χ4n) is 1.72. The minimum absolute atomic E-state index is 0.0142. The Morgan fingerprint density at radius 3 is 2.75 bits per heavy atom. The van der Waals surface area contributed by atoms with Gasteiger partial charge in [-0.1, -0.05) is 6.07 Å². The van der Waals surface area contributed by atoms with E-state index in [1.807, 2.05) is 30.8 Å². The van der Waals surface area contributed by atoms with E-state index in [0.29, 0.717) is 5.25 Å². The summed E-state index contributed by atoms with van der Waals surface area (Å²) in [6.07, 6.45) is 0. The summed E-state index contributed by atoms with van der Waals surface area (Å²) in [5.74, 6) is 0.875. The molecular formula is C12H17NO2S. The van der Waals surface area contributed by atoms with Crippen LogP contribution in [0, 0.1) is 0 Å². The molecule has 2 rings (SSSR count).